The predicted octanol–water partition coefficient (Wildman–Crippen LogP) is 2.67. The van der Waals surface area contributed by atoms with Gasteiger partial charge in [-0.2, -0.15) is 0 Å². The lowest BCUT2D eigenvalue weighted by Gasteiger charge is -2.06. The maximum Gasteiger partial charge on any atom is 0.0555 e. The lowest BCUT2D eigenvalue weighted by molar-refractivity contribution is 0.292. The SMILES string of the molecule is Cc1ccc(Cn2cc(CNCCNCCO)c3ccccc32)cc1. The molecule has 0 aliphatic rings. The molecular formula is C21H27N3O. The highest BCUT2D eigenvalue weighted by Gasteiger charge is 2.08. The molecule has 1 heterocycles. The summed E-state index contributed by atoms with van der Waals surface area (Å²) in [5, 5.41) is 16.7. The summed E-state index contributed by atoms with van der Waals surface area (Å²) in [5.74, 6) is 0. The molecule has 4 nitrogen and oxygen atoms in total. The van der Waals surface area contributed by atoms with Gasteiger partial charge in [0.2, 0.25) is 0 Å². The largest absolute Gasteiger partial charge is 0.395 e. The topological polar surface area (TPSA) is 49.2 Å². The molecule has 2 aromatic carbocycles. The molecule has 3 rings (SSSR count). The number of aliphatic hydroxyl groups excluding tert-OH is 1. The average Bonchev–Trinajstić information content (AvgIpc) is 2.98. The fourth-order valence-corrected chi connectivity index (χ4v) is 3.09. The second kappa shape index (κ2) is 8.81. The zero-order valence-corrected chi connectivity index (χ0v) is 14.8. The standard InChI is InChI=1S/C21H27N3O/c1-17-6-8-18(9-7-17)15-24-16-19(14-23-11-10-22-12-13-25)20-4-2-3-5-21(20)24/h2-9,16,22-23,25H,10-15H2,1H3. The molecule has 0 fully saturated rings. The smallest absolute Gasteiger partial charge is 0.0555 e. The third-order valence-electron chi connectivity index (χ3n) is 4.43. The highest BCUT2D eigenvalue weighted by atomic mass is 16.3. The summed E-state index contributed by atoms with van der Waals surface area (Å²) in [5.41, 5.74) is 5.21. The van der Waals surface area contributed by atoms with Crippen molar-refractivity contribution >= 4 is 10.9 Å². The quantitative estimate of drug-likeness (QED) is 0.526. The molecule has 0 saturated carbocycles. The van der Waals surface area contributed by atoms with E-state index in [1.165, 1.54) is 27.6 Å². The number of rotatable bonds is 9. The van der Waals surface area contributed by atoms with E-state index in [9.17, 15) is 0 Å². The van der Waals surface area contributed by atoms with Crippen LogP contribution in [-0.4, -0.2) is 35.9 Å². The van der Waals surface area contributed by atoms with Gasteiger partial charge in [-0.05, 0) is 24.1 Å². The van der Waals surface area contributed by atoms with Crippen LogP contribution in [0, 0.1) is 6.92 Å². The minimum atomic E-state index is 0.187. The lowest BCUT2D eigenvalue weighted by atomic mass is 10.1. The van der Waals surface area contributed by atoms with E-state index < -0.39 is 0 Å². The van der Waals surface area contributed by atoms with Crippen molar-refractivity contribution in [2.24, 2.45) is 0 Å². The van der Waals surface area contributed by atoms with Crippen LogP contribution < -0.4 is 10.6 Å². The first kappa shape index (κ1) is 17.7. The average molecular weight is 337 g/mol. The molecular weight excluding hydrogens is 310 g/mol. The van der Waals surface area contributed by atoms with E-state index in [1.807, 2.05) is 0 Å². The first-order chi connectivity index (χ1) is 12.3. The molecule has 0 radical (unpaired) electrons. The van der Waals surface area contributed by atoms with Gasteiger partial charge in [0.15, 0.2) is 0 Å². The van der Waals surface area contributed by atoms with Gasteiger partial charge in [0, 0.05) is 49.8 Å². The zero-order chi connectivity index (χ0) is 17.5. The van der Waals surface area contributed by atoms with E-state index in [0.717, 1.165) is 26.2 Å². The minimum Gasteiger partial charge on any atom is -0.395 e. The third kappa shape index (κ3) is 4.69. The molecule has 25 heavy (non-hydrogen) atoms. The Morgan fingerprint density at radius 2 is 1.68 bits per heavy atom. The number of hydrogen-bond donors (Lipinski definition) is 3. The molecule has 0 saturated heterocycles. The van der Waals surface area contributed by atoms with Crippen LogP contribution in [0.5, 0.6) is 0 Å². The molecule has 0 aliphatic carbocycles. The Hall–Kier alpha value is -2.14. The Labute approximate surface area is 149 Å². The summed E-state index contributed by atoms with van der Waals surface area (Å²) < 4.78 is 2.33. The molecule has 0 bridgehead atoms. The Morgan fingerprint density at radius 3 is 2.48 bits per heavy atom. The van der Waals surface area contributed by atoms with Gasteiger partial charge in [-0.3, -0.25) is 0 Å². The van der Waals surface area contributed by atoms with Gasteiger partial charge in [0.25, 0.3) is 0 Å². The Bertz CT molecular complexity index is 793. The normalized spacial score (nSPS) is 11.3. The van der Waals surface area contributed by atoms with Crippen molar-refractivity contribution in [3.63, 3.8) is 0 Å². The molecule has 0 aliphatic heterocycles. The van der Waals surface area contributed by atoms with Crippen LogP contribution >= 0.6 is 0 Å². The molecule has 132 valence electrons. The van der Waals surface area contributed by atoms with Crippen LogP contribution in [0.25, 0.3) is 10.9 Å². The van der Waals surface area contributed by atoms with Gasteiger partial charge in [-0.15, -0.1) is 0 Å². The van der Waals surface area contributed by atoms with E-state index in [2.05, 4.69) is 76.9 Å². The van der Waals surface area contributed by atoms with Crippen LogP contribution in [0.1, 0.15) is 16.7 Å². The summed E-state index contributed by atoms with van der Waals surface area (Å²) in [7, 11) is 0. The van der Waals surface area contributed by atoms with Crippen LogP contribution in [-0.2, 0) is 13.1 Å². The fourth-order valence-electron chi connectivity index (χ4n) is 3.09. The van der Waals surface area contributed by atoms with Crippen LogP contribution in [0.15, 0.2) is 54.7 Å². The van der Waals surface area contributed by atoms with Crippen LogP contribution in [0.2, 0.25) is 0 Å². The van der Waals surface area contributed by atoms with E-state index in [0.29, 0.717) is 6.54 Å². The molecule has 0 spiro atoms. The van der Waals surface area contributed by atoms with Crippen molar-refractivity contribution in [2.75, 3.05) is 26.2 Å². The van der Waals surface area contributed by atoms with Gasteiger partial charge < -0.3 is 20.3 Å². The number of aromatic nitrogens is 1. The molecule has 4 heteroatoms. The van der Waals surface area contributed by atoms with Crippen molar-refractivity contribution in [3.05, 3.63) is 71.4 Å². The maximum absolute atomic E-state index is 8.77. The number of nitrogens with one attached hydrogen (secondary N) is 2. The third-order valence-corrected chi connectivity index (χ3v) is 4.43. The lowest BCUT2D eigenvalue weighted by Crippen LogP contribution is -2.28. The van der Waals surface area contributed by atoms with Crippen molar-refractivity contribution in [1.82, 2.24) is 15.2 Å². The second-order valence-corrected chi connectivity index (χ2v) is 6.44. The molecule has 1 aromatic heterocycles. The van der Waals surface area contributed by atoms with E-state index in [4.69, 9.17) is 5.11 Å². The zero-order valence-electron chi connectivity index (χ0n) is 14.8. The van der Waals surface area contributed by atoms with Gasteiger partial charge in [0.1, 0.15) is 0 Å². The van der Waals surface area contributed by atoms with Gasteiger partial charge in [-0.25, -0.2) is 0 Å². The first-order valence-electron chi connectivity index (χ1n) is 8.92. The summed E-state index contributed by atoms with van der Waals surface area (Å²) in [6, 6.07) is 17.3. The summed E-state index contributed by atoms with van der Waals surface area (Å²) in [6.45, 7) is 6.44. The monoisotopic (exact) mass is 337 g/mol. The summed E-state index contributed by atoms with van der Waals surface area (Å²) in [6.07, 6.45) is 2.26. The minimum absolute atomic E-state index is 0.187. The van der Waals surface area contributed by atoms with Gasteiger partial charge in [-0.1, -0.05) is 48.0 Å². The Morgan fingerprint density at radius 1 is 0.920 bits per heavy atom. The Balaban J connectivity index is 1.70. The molecule has 0 unspecified atom stereocenters. The summed E-state index contributed by atoms with van der Waals surface area (Å²) in [4.78, 5) is 0. The summed E-state index contributed by atoms with van der Waals surface area (Å²) >= 11 is 0. The van der Waals surface area contributed by atoms with E-state index >= 15 is 0 Å². The van der Waals surface area contributed by atoms with E-state index in [1.54, 1.807) is 0 Å². The van der Waals surface area contributed by atoms with Crippen molar-refractivity contribution in [1.29, 1.82) is 0 Å². The second-order valence-electron chi connectivity index (χ2n) is 6.44. The number of fused-ring (bicyclic) bond motifs is 1. The number of benzene rings is 2. The van der Waals surface area contributed by atoms with Crippen LogP contribution in [0.3, 0.4) is 0 Å². The van der Waals surface area contributed by atoms with Crippen molar-refractivity contribution in [3.8, 4) is 0 Å². The van der Waals surface area contributed by atoms with Crippen LogP contribution in [0.4, 0.5) is 0 Å². The van der Waals surface area contributed by atoms with Crippen molar-refractivity contribution in [2.45, 2.75) is 20.0 Å². The number of para-hydroxylation sites is 1. The molecule has 0 amide bonds. The van der Waals surface area contributed by atoms with Gasteiger partial charge in [0.05, 0.1) is 6.61 Å². The highest BCUT2D eigenvalue weighted by molar-refractivity contribution is 5.84. The molecule has 3 N–H and O–H groups in total. The Kier molecular flexibility index (Phi) is 6.23. The highest BCUT2D eigenvalue weighted by Crippen LogP contribution is 2.22. The molecule has 0 atom stereocenters. The number of hydrogen-bond acceptors (Lipinski definition) is 3. The van der Waals surface area contributed by atoms with Crippen molar-refractivity contribution < 1.29 is 5.11 Å². The predicted molar refractivity (Wildman–Crippen MR) is 104 cm³/mol. The van der Waals surface area contributed by atoms with Gasteiger partial charge >= 0.3 is 0 Å². The number of nitrogens with zero attached hydrogens (tertiary/aromatic N) is 1. The first-order valence-corrected chi connectivity index (χ1v) is 8.92. The fraction of sp³-hybridized carbons (Fsp3) is 0.333. The number of aryl methyl sites for hydroxylation is 1. The number of aliphatic hydroxyl groups is 1. The van der Waals surface area contributed by atoms with E-state index in [-0.39, 0.29) is 6.61 Å². The maximum atomic E-state index is 8.77. The molecule has 3 aromatic rings.